The Balaban J connectivity index is 4.45. The van der Waals surface area contributed by atoms with E-state index in [1.807, 2.05) is 0 Å². The lowest BCUT2D eigenvalue weighted by Gasteiger charge is -2.39. The summed E-state index contributed by atoms with van der Waals surface area (Å²) in [5, 5.41) is 0. The lowest BCUT2D eigenvalue weighted by Crippen LogP contribution is -2.31. The van der Waals surface area contributed by atoms with Crippen LogP contribution in [0.1, 0.15) is 61.8 Å². The molecule has 0 spiro atoms. The Morgan fingerprint density at radius 3 is 1.57 bits per heavy atom. The lowest BCUT2D eigenvalue weighted by atomic mass is 9.67. The first-order chi connectivity index (χ1) is 6.24. The molecule has 0 fully saturated rings. The highest BCUT2D eigenvalue weighted by Gasteiger charge is 2.31. The van der Waals surface area contributed by atoms with Crippen LogP contribution in [0.2, 0.25) is 0 Å². The lowest BCUT2D eigenvalue weighted by molar-refractivity contribution is 0.105. The van der Waals surface area contributed by atoms with Gasteiger partial charge in [-0.15, -0.1) is 0 Å². The minimum Gasteiger partial charge on any atom is -0.0649 e. The van der Waals surface area contributed by atoms with Gasteiger partial charge in [-0.1, -0.05) is 61.8 Å². The van der Waals surface area contributed by atoms with Gasteiger partial charge in [0.2, 0.25) is 0 Å². The predicted molar refractivity (Wildman–Crippen MR) is 66.4 cm³/mol. The maximum Gasteiger partial charge on any atom is -0.0329 e. The zero-order chi connectivity index (χ0) is 11.5. The molecule has 0 heteroatoms. The normalized spacial score (nSPS) is 19.5. The molecule has 0 aliphatic rings. The van der Waals surface area contributed by atoms with Crippen LogP contribution in [0.15, 0.2) is 0 Å². The average Bonchev–Trinajstić information content (AvgIpc) is 2.14. The molecule has 0 aliphatic carbocycles. The monoisotopic (exact) mass is 198 g/mol. The maximum absolute atomic E-state index is 2.42. The highest BCUT2D eigenvalue weighted by Crippen LogP contribution is 2.39. The van der Waals surface area contributed by atoms with Crippen molar-refractivity contribution >= 4 is 0 Å². The molecule has 0 amide bonds. The second-order valence-corrected chi connectivity index (χ2v) is 6.09. The summed E-state index contributed by atoms with van der Waals surface area (Å²) in [6, 6.07) is 0. The molecule has 0 N–H and O–H groups in total. The number of hydrogen-bond acceptors (Lipinski definition) is 0. The van der Waals surface area contributed by atoms with Gasteiger partial charge in [0.05, 0.1) is 0 Å². The van der Waals surface area contributed by atoms with Gasteiger partial charge in [-0.05, 0) is 29.1 Å². The van der Waals surface area contributed by atoms with Gasteiger partial charge >= 0.3 is 0 Å². The van der Waals surface area contributed by atoms with E-state index in [2.05, 4.69) is 55.4 Å². The van der Waals surface area contributed by atoms with Crippen molar-refractivity contribution in [2.24, 2.45) is 29.1 Å². The summed E-state index contributed by atoms with van der Waals surface area (Å²) < 4.78 is 0. The van der Waals surface area contributed by atoms with E-state index in [-0.39, 0.29) is 0 Å². The smallest absolute Gasteiger partial charge is 0.0329 e. The van der Waals surface area contributed by atoms with Gasteiger partial charge < -0.3 is 0 Å². The molecule has 0 saturated carbocycles. The van der Waals surface area contributed by atoms with Crippen LogP contribution in [0.5, 0.6) is 0 Å². The molecule has 14 heavy (non-hydrogen) atoms. The summed E-state index contributed by atoms with van der Waals surface area (Å²) >= 11 is 0. The molecule has 0 bridgehead atoms. The molecular formula is C14H30. The summed E-state index contributed by atoms with van der Waals surface area (Å²) in [4.78, 5) is 0. The summed E-state index contributed by atoms with van der Waals surface area (Å²) in [5.74, 6) is 3.27. The first-order valence-corrected chi connectivity index (χ1v) is 6.24. The first-order valence-electron chi connectivity index (χ1n) is 6.24. The summed E-state index contributed by atoms with van der Waals surface area (Å²) in [6.07, 6.45) is 1.28. The summed E-state index contributed by atoms with van der Waals surface area (Å²) in [5.41, 5.74) is 0.489. The number of rotatable bonds is 5. The SMILES string of the molecule is CCC(C)(C)C(C)C(C)C(C)C(C)C. The van der Waals surface area contributed by atoms with E-state index in [0.29, 0.717) is 5.41 Å². The van der Waals surface area contributed by atoms with Crippen molar-refractivity contribution in [3.8, 4) is 0 Å². The van der Waals surface area contributed by atoms with Crippen molar-refractivity contribution in [1.82, 2.24) is 0 Å². The molecule has 0 aromatic rings. The molecule has 0 aromatic heterocycles. The van der Waals surface area contributed by atoms with E-state index in [1.54, 1.807) is 0 Å². The van der Waals surface area contributed by atoms with E-state index < -0.39 is 0 Å². The van der Waals surface area contributed by atoms with Crippen molar-refractivity contribution in [3.63, 3.8) is 0 Å². The Bertz CT molecular complexity index is 155. The van der Waals surface area contributed by atoms with Crippen LogP contribution in [0.25, 0.3) is 0 Å². The van der Waals surface area contributed by atoms with Gasteiger partial charge in [-0.2, -0.15) is 0 Å². The Morgan fingerprint density at radius 1 is 0.857 bits per heavy atom. The van der Waals surface area contributed by atoms with E-state index in [1.165, 1.54) is 6.42 Å². The molecule has 0 nitrogen and oxygen atoms in total. The van der Waals surface area contributed by atoms with E-state index in [0.717, 1.165) is 23.7 Å². The first kappa shape index (κ1) is 14.0. The predicted octanol–water partition coefficient (Wildman–Crippen LogP) is 4.99. The highest BCUT2D eigenvalue weighted by molar-refractivity contribution is 4.81. The zero-order valence-corrected chi connectivity index (χ0v) is 11.5. The van der Waals surface area contributed by atoms with Crippen molar-refractivity contribution in [1.29, 1.82) is 0 Å². The minimum absolute atomic E-state index is 0.489. The second kappa shape index (κ2) is 5.19. The molecular weight excluding hydrogens is 168 g/mol. The minimum atomic E-state index is 0.489. The van der Waals surface area contributed by atoms with Crippen molar-refractivity contribution in [3.05, 3.63) is 0 Å². The van der Waals surface area contributed by atoms with Crippen LogP contribution in [-0.2, 0) is 0 Å². The molecule has 0 saturated heterocycles. The Kier molecular flexibility index (Phi) is 5.19. The molecule has 3 atom stereocenters. The van der Waals surface area contributed by atoms with E-state index >= 15 is 0 Å². The van der Waals surface area contributed by atoms with E-state index in [9.17, 15) is 0 Å². The summed E-state index contributed by atoms with van der Waals surface area (Å²) in [6.45, 7) is 19.0. The second-order valence-electron chi connectivity index (χ2n) is 6.09. The van der Waals surface area contributed by atoms with Crippen molar-refractivity contribution in [2.75, 3.05) is 0 Å². The molecule has 3 unspecified atom stereocenters. The Labute approximate surface area is 91.5 Å². The largest absolute Gasteiger partial charge is 0.0649 e. The fourth-order valence-corrected chi connectivity index (χ4v) is 2.10. The summed E-state index contributed by atoms with van der Waals surface area (Å²) in [7, 11) is 0. The van der Waals surface area contributed by atoms with Gasteiger partial charge in [-0.3, -0.25) is 0 Å². The Morgan fingerprint density at radius 2 is 1.29 bits per heavy atom. The van der Waals surface area contributed by atoms with Crippen LogP contribution in [0.3, 0.4) is 0 Å². The van der Waals surface area contributed by atoms with Crippen LogP contribution in [0, 0.1) is 29.1 Å². The maximum atomic E-state index is 2.42. The van der Waals surface area contributed by atoms with Gasteiger partial charge in [0.1, 0.15) is 0 Å². The van der Waals surface area contributed by atoms with Crippen LogP contribution >= 0.6 is 0 Å². The average molecular weight is 198 g/mol. The van der Waals surface area contributed by atoms with Crippen LogP contribution < -0.4 is 0 Å². The zero-order valence-electron chi connectivity index (χ0n) is 11.5. The van der Waals surface area contributed by atoms with E-state index in [4.69, 9.17) is 0 Å². The van der Waals surface area contributed by atoms with Gasteiger partial charge in [0.15, 0.2) is 0 Å². The van der Waals surface area contributed by atoms with Crippen molar-refractivity contribution in [2.45, 2.75) is 61.8 Å². The molecule has 86 valence electrons. The standard InChI is InChI=1S/C14H30/c1-9-14(7,8)13(6)12(5)11(4)10(2)3/h10-13H,9H2,1-8H3. The molecule has 0 aromatic carbocycles. The third-order valence-electron chi connectivity index (χ3n) is 4.81. The third-order valence-corrected chi connectivity index (χ3v) is 4.81. The van der Waals surface area contributed by atoms with Gasteiger partial charge in [0.25, 0.3) is 0 Å². The molecule has 0 rings (SSSR count). The van der Waals surface area contributed by atoms with Gasteiger partial charge in [0, 0.05) is 0 Å². The topological polar surface area (TPSA) is 0 Å². The Hall–Kier alpha value is 0. The molecule has 0 aliphatic heterocycles. The molecule has 0 heterocycles. The highest BCUT2D eigenvalue weighted by atomic mass is 14.4. The van der Waals surface area contributed by atoms with Gasteiger partial charge in [-0.25, -0.2) is 0 Å². The fourth-order valence-electron chi connectivity index (χ4n) is 2.10. The van der Waals surface area contributed by atoms with Crippen LogP contribution in [-0.4, -0.2) is 0 Å². The number of hydrogen-bond donors (Lipinski definition) is 0. The van der Waals surface area contributed by atoms with Crippen LogP contribution in [0.4, 0.5) is 0 Å². The molecule has 0 radical (unpaired) electrons. The fraction of sp³-hybridized carbons (Fsp3) is 1.00. The van der Waals surface area contributed by atoms with Crippen molar-refractivity contribution < 1.29 is 0 Å². The third kappa shape index (κ3) is 3.29. The quantitative estimate of drug-likeness (QED) is 0.584.